The summed E-state index contributed by atoms with van der Waals surface area (Å²) in [5, 5.41) is 10.4. The van der Waals surface area contributed by atoms with Crippen molar-refractivity contribution in [2.24, 2.45) is 10.7 Å². The van der Waals surface area contributed by atoms with Gasteiger partial charge in [-0.05, 0) is 25.0 Å². The summed E-state index contributed by atoms with van der Waals surface area (Å²) in [6.45, 7) is 0.412. The molecule has 2 aliphatic heterocycles. The number of amides is 3. The van der Waals surface area contributed by atoms with E-state index in [4.69, 9.17) is 5.73 Å². The molecule has 0 unspecified atom stereocenters. The van der Waals surface area contributed by atoms with Crippen LogP contribution in [0.2, 0.25) is 0 Å². The number of hydroxylamine groups is 2. The van der Waals surface area contributed by atoms with Gasteiger partial charge in [0.15, 0.2) is 0 Å². The summed E-state index contributed by atoms with van der Waals surface area (Å²) in [4.78, 5) is 29.3. The zero-order valence-corrected chi connectivity index (χ0v) is 11.3. The standard InChI is InChI=1S/C14H16N4O3/c15-12(16-13(19)9-4-2-1-3-5-9)11-7-6-10-8-17(11)14(20)18(10)21/h1-5,10-11,21H,6-8H2,(H2,15,16,19)/t10-,11+/m1/s1. The number of benzene rings is 1. The minimum atomic E-state index is -0.479. The maximum Gasteiger partial charge on any atom is 0.344 e. The first kappa shape index (κ1) is 13.6. The van der Waals surface area contributed by atoms with E-state index in [-0.39, 0.29) is 11.9 Å². The average molecular weight is 288 g/mol. The van der Waals surface area contributed by atoms with Crippen LogP contribution < -0.4 is 5.73 Å². The molecule has 110 valence electrons. The third kappa shape index (κ3) is 2.36. The first-order valence-corrected chi connectivity index (χ1v) is 6.80. The van der Waals surface area contributed by atoms with Crippen molar-refractivity contribution in [3.63, 3.8) is 0 Å². The number of nitrogens with two attached hydrogens (primary N) is 1. The smallest absolute Gasteiger partial charge is 0.344 e. The molecule has 0 aliphatic carbocycles. The van der Waals surface area contributed by atoms with E-state index in [1.807, 2.05) is 6.07 Å². The molecule has 0 aromatic heterocycles. The van der Waals surface area contributed by atoms with Crippen LogP contribution in [0.4, 0.5) is 4.79 Å². The second-order valence-corrected chi connectivity index (χ2v) is 5.23. The fourth-order valence-corrected chi connectivity index (χ4v) is 2.80. The van der Waals surface area contributed by atoms with Gasteiger partial charge in [0.25, 0.3) is 5.91 Å². The number of rotatable bonds is 2. The van der Waals surface area contributed by atoms with Crippen molar-refractivity contribution in [1.29, 1.82) is 0 Å². The molecule has 2 aliphatic rings. The van der Waals surface area contributed by atoms with Crippen LogP contribution in [0.5, 0.6) is 0 Å². The lowest BCUT2D eigenvalue weighted by Crippen LogP contribution is -2.48. The van der Waals surface area contributed by atoms with Crippen LogP contribution in [-0.4, -0.2) is 51.6 Å². The molecular weight excluding hydrogens is 272 g/mol. The quantitative estimate of drug-likeness (QED) is 0.478. The first-order valence-electron chi connectivity index (χ1n) is 6.80. The number of fused-ring (bicyclic) bond motifs is 2. The van der Waals surface area contributed by atoms with E-state index >= 15 is 0 Å². The Labute approximate surface area is 121 Å². The fraction of sp³-hybridized carbons (Fsp3) is 0.357. The molecule has 3 amide bonds. The number of hydrogen-bond acceptors (Lipinski definition) is 3. The van der Waals surface area contributed by atoms with Crippen LogP contribution in [0.25, 0.3) is 0 Å². The maximum atomic E-state index is 12.0. The summed E-state index contributed by atoms with van der Waals surface area (Å²) >= 11 is 0. The fourth-order valence-electron chi connectivity index (χ4n) is 2.80. The van der Waals surface area contributed by atoms with Gasteiger partial charge >= 0.3 is 6.03 Å². The van der Waals surface area contributed by atoms with Gasteiger partial charge < -0.3 is 10.6 Å². The number of carbonyl (C=O) groups excluding carboxylic acids is 2. The molecule has 0 spiro atoms. The number of carbonyl (C=O) groups is 2. The molecule has 0 saturated carbocycles. The topological polar surface area (TPSA) is 99.2 Å². The predicted octanol–water partition coefficient (Wildman–Crippen LogP) is 0.842. The molecule has 1 aromatic carbocycles. The van der Waals surface area contributed by atoms with Crippen LogP contribution in [-0.2, 0) is 0 Å². The summed E-state index contributed by atoms with van der Waals surface area (Å²) < 4.78 is 0. The summed E-state index contributed by atoms with van der Waals surface area (Å²) in [5.41, 5.74) is 6.36. The number of nitrogens with zero attached hydrogens (tertiary/aromatic N) is 3. The normalized spacial score (nSPS) is 25.4. The highest BCUT2D eigenvalue weighted by atomic mass is 16.5. The van der Waals surface area contributed by atoms with Crippen LogP contribution in [0.15, 0.2) is 35.3 Å². The largest absolute Gasteiger partial charge is 0.385 e. The second-order valence-electron chi connectivity index (χ2n) is 5.23. The van der Waals surface area contributed by atoms with Gasteiger partial charge in [-0.2, -0.15) is 4.99 Å². The molecule has 7 nitrogen and oxygen atoms in total. The first-order chi connectivity index (χ1) is 10.1. The third-order valence-electron chi connectivity index (χ3n) is 3.94. The van der Waals surface area contributed by atoms with E-state index in [0.717, 1.165) is 5.06 Å². The molecule has 2 atom stereocenters. The average Bonchev–Trinajstić information content (AvgIpc) is 2.73. The van der Waals surface area contributed by atoms with Gasteiger partial charge in [0, 0.05) is 12.1 Å². The predicted molar refractivity (Wildman–Crippen MR) is 74.9 cm³/mol. The highest BCUT2D eigenvalue weighted by Gasteiger charge is 2.45. The number of aliphatic imine (C=N–C) groups is 1. The third-order valence-corrected chi connectivity index (χ3v) is 3.94. The molecule has 0 radical (unpaired) electrons. The number of piperidine rings is 1. The van der Waals surface area contributed by atoms with E-state index in [1.54, 1.807) is 24.3 Å². The van der Waals surface area contributed by atoms with E-state index in [1.165, 1.54) is 4.90 Å². The summed E-state index contributed by atoms with van der Waals surface area (Å²) in [6.07, 6.45) is 1.23. The molecule has 2 heterocycles. The van der Waals surface area contributed by atoms with Gasteiger partial charge in [0.1, 0.15) is 5.84 Å². The van der Waals surface area contributed by atoms with E-state index in [2.05, 4.69) is 4.99 Å². The van der Waals surface area contributed by atoms with Crippen LogP contribution in [0.3, 0.4) is 0 Å². The Hall–Kier alpha value is -2.41. The van der Waals surface area contributed by atoms with Gasteiger partial charge in [0.05, 0.1) is 12.1 Å². The van der Waals surface area contributed by atoms with Gasteiger partial charge in [-0.3, -0.25) is 10.0 Å². The number of hydrogen-bond donors (Lipinski definition) is 2. The van der Waals surface area contributed by atoms with Crippen LogP contribution in [0.1, 0.15) is 23.2 Å². The lowest BCUT2D eigenvalue weighted by molar-refractivity contribution is -0.0583. The van der Waals surface area contributed by atoms with Gasteiger partial charge in [-0.1, -0.05) is 18.2 Å². The minimum Gasteiger partial charge on any atom is -0.385 e. The Kier molecular flexibility index (Phi) is 3.34. The van der Waals surface area contributed by atoms with Crippen molar-refractivity contribution in [2.45, 2.75) is 24.9 Å². The van der Waals surface area contributed by atoms with Crippen LogP contribution in [0, 0.1) is 0 Å². The van der Waals surface area contributed by atoms with Crippen molar-refractivity contribution in [2.75, 3.05) is 6.54 Å². The summed E-state index contributed by atoms with van der Waals surface area (Å²) in [5.74, 6) is -0.311. The summed E-state index contributed by atoms with van der Waals surface area (Å²) in [7, 11) is 0. The SMILES string of the molecule is NC(=NC(=O)c1ccccc1)[C@@H]1CC[C@@H]2CN1C(=O)N2O. The van der Waals surface area contributed by atoms with Crippen molar-refractivity contribution in [3.8, 4) is 0 Å². The molecule has 2 saturated heterocycles. The Morgan fingerprint density at radius 2 is 2.00 bits per heavy atom. The zero-order valence-electron chi connectivity index (χ0n) is 11.3. The Morgan fingerprint density at radius 1 is 1.29 bits per heavy atom. The van der Waals surface area contributed by atoms with Crippen molar-refractivity contribution in [3.05, 3.63) is 35.9 Å². The molecule has 2 fully saturated rings. The molecule has 7 heteroatoms. The van der Waals surface area contributed by atoms with Gasteiger partial charge in [0.2, 0.25) is 0 Å². The zero-order chi connectivity index (χ0) is 15.0. The van der Waals surface area contributed by atoms with Crippen molar-refractivity contribution >= 4 is 17.8 Å². The molecule has 1 aromatic rings. The van der Waals surface area contributed by atoms with E-state index in [0.29, 0.717) is 24.9 Å². The van der Waals surface area contributed by atoms with Gasteiger partial charge in [-0.15, -0.1) is 0 Å². The lowest BCUT2D eigenvalue weighted by Gasteiger charge is -2.29. The summed E-state index contributed by atoms with van der Waals surface area (Å²) in [6, 6.07) is 7.52. The highest BCUT2D eigenvalue weighted by molar-refractivity contribution is 6.05. The van der Waals surface area contributed by atoms with Crippen LogP contribution >= 0.6 is 0 Å². The Balaban J connectivity index is 1.79. The molecular formula is C14H16N4O3. The lowest BCUT2D eigenvalue weighted by atomic mass is 10.00. The maximum absolute atomic E-state index is 12.0. The monoisotopic (exact) mass is 288 g/mol. The molecule has 21 heavy (non-hydrogen) atoms. The number of amidine groups is 1. The highest BCUT2D eigenvalue weighted by Crippen LogP contribution is 2.28. The van der Waals surface area contributed by atoms with Crippen molar-refractivity contribution < 1.29 is 14.8 Å². The van der Waals surface area contributed by atoms with Gasteiger partial charge in [-0.25, -0.2) is 9.86 Å². The molecule has 2 bridgehead atoms. The Bertz CT molecular complexity index is 601. The molecule has 3 N–H and O–H groups in total. The number of urea groups is 1. The Morgan fingerprint density at radius 3 is 2.71 bits per heavy atom. The minimum absolute atomic E-state index is 0.117. The van der Waals surface area contributed by atoms with E-state index < -0.39 is 18.0 Å². The van der Waals surface area contributed by atoms with Crippen molar-refractivity contribution in [1.82, 2.24) is 9.96 Å². The second kappa shape index (κ2) is 5.17. The molecule has 3 rings (SSSR count). The van der Waals surface area contributed by atoms with E-state index in [9.17, 15) is 14.8 Å².